The molecule has 2 aromatic rings. The topological polar surface area (TPSA) is 21.3 Å². The van der Waals surface area contributed by atoms with Crippen LogP contribution in [0.3, 0.4) is 0 Å². The number of rotatable bonds is 5. The number of nitrogens with one attached hydrogen (secondary N) is 1. The lowest BCUT2D eigenvalue weighted by Gasteiger charge is -2.34. The molecule has 0 aliphatic rings. The van der Waals surface area contributed by atoms with E-state index in [1.54, 1.807) is 0 Å². The van der Waals surface area contributed by atoms with Crippen LogP contribution in [0.5, 0.6) is 11.5 Å². The van der Waals surface area contributed by atoms with Gasteiger partial charge in [0.2, 0.25) is 0 Å². The Morgan fingerprint density at radius 2 is 1.36 bits per heavy atom. The standard InChI is InChI=1S/C20H27NO/c1-15(2)21-19(20(3,4)5)16-11-13-18(14-12-16)22-17-9-7-6-8-10-17/h6-15,19,21H,1-5H3. The van der Waals surface area contributed by atoms with E-state index in [0.29, 0.717) is 12.1 Å². The monoisotopic (exact) mass is 297 g/mol. The fourth-order valence-corrected chi connectivity index (χ4v) is 2.53. The SMILES string of the molecule is CC(C)NC(c1ccc(Oc2ccccc2)cc1)C(C)(C)C. The second-order valence-electron chi connectivity index (χ2n) is 7.10. The minimum Gasteiger partial charge on any atom is -0.457 e. The van der Waals surface area contributed by atoms with Gasteiger partial charge in [-0.15, -0.1) is 0 Å². The van der Waals surface area contributed by atoms with Crippen molar-refractivity contribution in [2.45, 2.75) is 46.7 Å². The number of para-hydroxylation sites is 1. The smallest absolute Gasteiger partial charge is 0.127 e. The van der Waals surface area contributed by atoms with Crippen molar-refractivity contribution in [1.29, 1.82) is 0 Å². The van der Waals surface area contributed by atoms with E-state index in [4.69, 9.17) is 4.74 Å². The first-order chi connectivity index (χ1) is 10.4. The molecule has 2 nitrogen and oxygen atoms in total. The van der Waals surface area contributed by atoms with Crippen LogP contribution in [-0.2, 0) is 0 Å². The van der Waals surface area contributed by atoms with Crippen molar-refractivity contribution in [3.05, 3.63) is 60.2 Å². The minimum atomic E-state index is 0.159. The van der Waals surface area contributed by atoms with Crippen LogP contribution >= 0.6 is 0 Å². The van der Waals surface area contributed by atoms with Gasteiger partial charge in [0.05, 0.1) is 0 Å². The first kappa shape index (κ1) is 16.6. The molecule has 0 saturated heterocycles. The van der Waals surface area contributed by atoms with Crippen LogP contribution < -0.4 is 10.1 Å². The Kier molecular flexibility index (Phi) is 5.25. The fraction of sp³-hybridized carbons (Fsp3) is 0.400. The molecule has 0 saturated carbocycles. The van der Waals surface area contributed by atoms with Gasteiger partial charge in [0.1, 0.15) is 11.5 Å². The molecule has 2 heteroatoms. The number of ether oxygens (including phenoxy) is 1. The van der Waals surface area contributed by atoms with Crippen molar-refractivity contribution in [3.8, 4) is 11.5 Å². The summed E-state index contributed by atoms with van der Waals surface area (Å²) >= 11 is 0. The zero-order valence-corrected chi connectivity index (χ0v) is 14.3. The highest BCUT2D eigenvalue weighted by molar-refractivity contribution is 5.34. The Balaban J connectivity index is 2.15. The average molecular weight is 297 g/mol. The highest BCUT2D eigenvalue weighted by Crippen LogP contribution is 2.34. The molecule has 0 bridgehead atoms. The van der Waals surface area contributed by atoms with E-state index in [9.17, 15) is 0 Å². The maximum Gasteiger partial charge on any atom is 0.127 e. The summed E-state index contributed by atoms with van der Waals surface area (Å²) in [5.74, 6) is 1.73. The van der Waals surface area contributed by atoms with Crippen LogP contribution in [0, 0.1) is 5.41 Å². The van der Waals surface area contributed by atoms with Crippen molar-refractivity contribution >= 4 is 0 Å². The van der Waals surface area contributed by atoms with Crippen molar-refractivity contribution in [2.24, 2.45) is 5.41 Å². The summed E-state index contributed by atoms with van der Waals surface area (Å²) in [7, 11) is 0. The molecule has 1 unspecified atom stereocenters. The summed E-state index contributed by atoms with van der Waals surface area (Å²) in [6.45, 7) is 11.2. The molecule has 0 radical (unpaired) electrons. The van der Waals surface area contributed by atoms with Gasteiger partial charge < -0.3 is 10.1 Å². The summed E-state index contributed by atoms with van der Waals surface area (Å²) in [6, 6.07) is 19.0. The van der Waals surface area contributed by atoms with Crippen molar-refractivity contribution in [3.63, 3.8) is 0 Å². The third-order valence-electron chi connectivity index (χ3n) is 3.56. The number of hydrogen-bond donors (Lipinski definition) is 1. The van der Waals surface area contributed by atoms with E-state index < -0.39 is 0 Å². The first-order valence-electron chi connectivity index (χ1n) is 7.95. The van der Waals surface area contributed by atoms with Gasteiger partial charge in [0, 0.05) is 12.1 Å². The van der Waals surface area contributed by atoms with Crippen LogP contribution in [0.25, 0.3) is 0 Å². The largest absolute Gasteiger partial charge is 0.457 e. The highest BCUT2D eigenvalue weighted by atomic mass is 16.5. The lowest BCUT2D eigenvalue weighted by molar-refractivity contribution is 0.257. The summed E-state index contributed by atoms with van der Waals surface area (Å²) in [6.07, 6.45) is 0. The normalized spacial score (nSPS) is 13.2. The van der Waals surface area contributed by atoms with Crippen molar-refractivity contribution in [2.75, 3.05) is 0 Å². The third-order valence-corrected chi connectivity index (χ3v) is 3.56. The predicted octanol–water partition coefficient (Wildman–Crippen LogP) is 5.56. The highest BCUT2D eigenvalue weighted by Gasteiger charge is 2.26. The molecule has 0 spiro atoms. The molecule has 0 fully saturated rings. The Morgan fingerprint density at radius 1 is 0.818 bits per heavy atom. The summed E-state index contributed by atoms with van der Waals surface area (Å²) in [5, 5.41) is 3.66. The van der Waals surface area contributed by atoms with Gasteiger partial charge in [-0.3, -0.25) is 0 Å². The van der Waals surface area contributed by atoms with Gasteiger partial charge >= 0.3 is 0 Å². The summed E-state index contributed by atoms with van der Waals surface area (Å²) < 4.78 is 5.86. The van der Waals surface area contributed by atoms with Crippen LogP contribution in [-0.4, -0.2) is 6.04 Å². The van der Waals surface area contributed by atoms with Crippen LogP contribution in [0.4, 0.5) is 0 Å². The molecule has 0 aliphatic carbocycles. The molecule has 0 aliphatic heterocycles. The molecule has 1 N–H and O–H groups in total. The van der Waals surface area contributed by atoms with E-state index in [1.165, 1.54) is 5.56 Å². The van der Waals surface area contributed by atoms with Crippen molar-refractivity contribution in [1.82, 2.24) is 5.32 Å². The molecular formula is C20H27NO. The van der Waals surface area contributed by atoms with Gasteiger partial charge in [0.25, 0.3) is 0 Å². The van der Waals surface area contributed by atoms with Gasteiger partial charge in [0.15, 0.2) is 0 Å². The molecule has 0 aromatic heterocycles. The van der Waals surface area contributed by atoms with E-state index >= 15 is 0 Å². The molecule has 2 aromatic carbocycles. The third kappa shape index (κ3) is 4.60. The molecule has 0 heterocycles. The van der Waals surface area contributed by atoms with E-state index in [-0.39, 0.29) is 5.41 Å². The molecule has 2 rings (SSSR count). The molecular weight excluding hydrogens is 270 g/mol. The second kappa shape index (κ2) is 6.97. The lowest BCUT2D eigenvalue weighted by atomic mass is 9.82. The molecule has 22 heavy (non-hydrogen) atoms. The molecule has 118 valence electrons. The second-order valence-corrected chi connectivity index (χ2v) is 7.10. The predicted molar refractivity (Wildman–Crippen MR) is 93.4 cm³/mol. The average Bonchev–Trinajstić information content (AvgIpc) is 2.46. The van der Waals surface area contributed by atoms with E-state index in [1.807, 2.05) is 42.5 Å². The zero-order valence-electron chi connectivity index (χ0n) is 14.3. The maximum absolute atomic E-state index is 5.86. The maximum atomic E-state index is 5.86. The van der Waals surface area contributed by atoms with E-state index in [0.717, 1.165) is 11.5 Å². The van der Waals surface area contributed by atoms with Gasteiger partial charge in [-0.1, -0.05) is 65.0 Å². The van der Waals surface area contributed by atoms with Crippen LogP contribution in [0.15, 0.2) is 54.6 Å². The first-order valence-corrected chi connectivity index (χ1v) is 7.95. The summed E-state index contributed by atoms with van der Waals surface area (Å²) in [5.41, 5.74) is 1.45. The van der Waals surface area contributed by atoms with Gasteiger partial charge in [-0.05, 0) is 35.2 Å². The molecule has 0 amide bonds. The lowest BCUT2D eigenvalue weighted by Crippen LogP contribution is -2.36. The Morgan fingerprint density at radius 3 is 1.86 bits per heavy atom. The quantitative estimate of drug-likeness (QED) is 0.779. The van der Waals surface area contributed by atoms with Crippen LogP contribution in [0.1, 0.15) is 46.2 Å². The van der Waals surface area contributed by atoms with Gasteiger partial charge in [-0.2, -0.15) is 0 Å². The van der Waals surface area contributed by atoms with Gasteiger partial charge in [-0.25, -0.2) is 0 Å². The fourth-order valence-electron chi connectivity index (χ4n) is 2.53. The Bertz CT molecular complexity index is 567. The number of benzene rings is 2. The van der Waals surface area contributed by atoms with Crippen molar-refractivity contribution < 1.29 is 4.74 Å². The Hall–Kier alpha value is -1.80. The molecule has 1 atom stereocenters. The summed E-state index contributed by atoms with van der Waals surface area (Å²) in [4.78, 5) is 0. The van der Waals surface area contributed by atoms with E-state index in [2.05, 4.69) is 52.1 Å². The Labute approximate surface area is 134 Å². The minimum absolute atomic E-state index is 0.159. The van der Waals surface area contributed by atoms with Crippen LogP contribution in [0.2, 0.25) is 0 Å². The zero-order chi connectivity index (χ0) is 16.2. The number of hydrogen-bond acceptors (Lipinski definition) is 2.